The van der Waals surface area contributed by atoms with E-state index >= 15 is 0 Å². The van der Waals surface area contributed by atoms with Crippen LogP contribution in [0.5, 0.6) is 5.75 Å². The number of hydrogen-bond acceptors (Lipinski definition) is 7. The van der Waals surface area contributed by atoms with Gasteiger partial charge in [0.05, 0.1) is 52.0 Å². The number of methoxy groups -OCH3 is 3. The summed E-state index contributed by atoms with van der Waals surface area (Å²) in [5.74, 6) is 0.838. The lowest BCUT2D eigenvalue weighted by Gasteiger charge is -2.23. The highest BCUT2D eigenvalue weighted by atomic mass is 16.5. The first-order chi connectivity index (χ1) is 16.5. The summed E-state index contributed by atoms with van der Waals surface area (Å²) in [6.45, 7) is 12.5. The molecule has 0 aliphatic rings. The molecule has 0 unspecified atom stereocenters. The largest absolute Gasteiger partial charge is 0.497 e. The number of hydrogen-bond donors (Lipinski definition) is 1. The molecule has 4 atom stereocenters. The van der Waals surface area contributed by atoms with E-state index in [2.05, 4.69) is 32.4 Å². The lowest BCUT2D eigenvalue weighted by atomic mass is 9.94. The van der Waals surface area contributed by atoms with Gasteiger partial charge in [-0.15, -0.1) is 0 Å². The van der Waals surface area contributed by atoms with Crippen LogP contribution in [-0.2, 0) is 30.4 Å². The molecular formula is C28H48O7. The van der Waals surface area contributed by atoms with Crippen LogP contribution < -0.4 is 4.74 Å². The summed E-state index contributed by atoms with van der Waals surface area (Å²) < 4.78 is 20.5. The van der Waals surface area contributed by atoms with Crippen LogP contribution in [0.25, 0.3) is 0 Å². The Bertz CT molecular complexity index is 698. The van der Waals surface area contributed by atoms with E-state index in [4.69, 9.17) is 14.2 Å². The third kappa shape index (κ3) is 14.1. The van der Waals surface area contributed by atoms with Crippen LogP contribution in [0.2, 0.25) is 0 Å². The second-order valence-electron chi connectivity index (χ2n) is 9.81. The molecule has 0 spiro atoms. The third-order valence-electron chi connectivity index (χ3n) is 5.94. The van der Waals surface area contributed by atoms with Crippen molar-refractivity contribution in [1.82, 2.24) is 0 Å². The molecule has 0 amide bonds. The summed E-state index contributed by atoms with van der Waals surface area (Å²) in [5.41, 5.74) is 1.06. The predicted octanol–water partition coefficient (Wildman–Crippen LogP) is 5.42. The number of benzene rings is 1. The molecule has 0 heterocycles. The quantitative estimate of drug-likeness (QED) is 0.344. The summed E-state index contributed by atoms with van der Waals surface area (Å²) >= 11 is 0. The first kappa shape index (κ1) is 32.9. The average Bonchev–Trinajstić information content (AvgIpc) is 2.82. The second-order valence-corrected chi connectivity index (χ2v) is 9.81. The molecule has 1 rings (SSSR count). The summed E-state index contributed by atoms with van der Waals surface area (Å²) in [4.78, 5) is 23.1. The van der Waals surface area contributed by atoms with E-state index in [-0.39, 0.29) is 29.9 Å². The van der Waals surface area contributed by atoms with Gasteiger partial charge in [0.25, 0.3) is 0 Å². The van der Waals surface area contributed by atoms with Crippen molar-refractivity contribution in [3.05, 3.63) is 29.8 Å². The lowest BCUT2D eigenvalue weighted by Crippen LogP contribution is -2.29. The van der Waals surface area contributed by atoms with Gasteiger partial charge in [-0.05, 0) is 56.2 Å². The molecule has 202 valence electrons. The van der Waals surface area contributed by atoms with Crippen molar-refractivity contribution in [2.45, 2.75) is 86.0 Å². The van der Waals surface area contributed by atoms with Crippen LogP contribution in [0.1, 0.15) is 72.8 Å². The molecule has 0 saturated heterocycles. The normalized spacial score (nSPS) is 14.4. The number of aliphatic hydroxyl groups is 1. The third-order valence-corrected chi connectivity index (χ3v) is 5.94. The Labute approximate surface area is 212 Å². The van der Waals surface area contributed by atoms with Gasteiger partial charge in [-0.2, -0.15) is 0 Å². The minimum absolute atomic E-state index is 0.173. The van der Waals surface area contributed by atoms with E-state index in [1.807, 2.05) is 31.2 Å². The highest BCUT2D eigenvalue weighted by Crippen LogP contribution is 2.21. The summed E-state index contributed by atoms with van der Waals surface area (Å²) in [6, 6.07) is 7.74. The van der Waals surface area contributed by atoms with E-state index < -0.39 is 6.10 Å². The van der Waals surface area contributed by atoms with Gasteiger partial charge in [0.15, 0.2) is 0 Å². The molecule has 1 aromatic rings. The predicted molar refractivity (Wildman–Crippen MR) is 138 cm³/mol. The van der Waals surface area contributed by atoms with Gasteiger partial charge in [-0.25, -0.2) is 0 Å². The molecule has 0 saturated carbocycles. The fourth-order valence-electron chi connectivity index (χ4n) is 3.49. The molecular weight excluding hydrogens is 448 g/mol. The van der Waals surface area contributed by atoms with Gasteiger partial charge in [0, 0.05) is 0 Å². The van der Waals surface area contributed by atoms with Gasteiger partial charge in [-0.3, -0.25) is 9.59 Å². The van der Waals surface area contributed by atoms with Gasteiger partial charge in [0.2, 0.25) is 0 Å². The zero-order valence-corrected chi connectivity index (χ0v) is 23.2. The van der Waals surface area contributed by atoms with E-state index in [0.29, 0.717) is 24.9 Å². The van der Waals surface area contributed by atoms with Crippen LogP contribution in [0, 0.1) is 23.7 Å². The molecule has 35 heavy (non-hydrogen) atoms. The van der Waals surface area contributed by atoms with Crippen molar-refractivity contribution in [2.24, 2.45) is 23.7 Å². The number of aliphatic hydroxyl groups excluding tert-OH is 1. The highest BCUT2D eigenvalue weighted by Gasteiger charge is 2.27. The van der Waals surface area contributed by atoms with E-state index in [9.17, 15) is 14.7 Å². The Morgan fingerprint density at radius 1 is 0.743 bits per heavy atom. The van der Waals surface area contributed by atoms with Crippen molar-refractivity contribution in [1.29, 1.82) is 0 Å². The maximum Gasteiger partial charge on any atom is 0.311 e. The number of rotatable bonds is 14. The Morgan fingerprint density at radius 2 is 1.20 bits per heavy atom. The van der Waals surface area contributed by atoms with Gasteiger partial charge in [0.1, 0.15) is 5.75 Å². The fourth-order valence-corrected chi connectivity index (χ4v) is 3.49. The molecule has 0 fully saturated rings. The maximum atomic E-state index is 11.9. The zero-order chi connectivity index (χ0) is 27.0. The maximum absolute atomic E-state index is 11.9. The minimum Gasteiger partial charge on any atom is -0.497 e. The van der Waals surface area contributed by atoms with Gasteiger partial charge >= 0.3 is 11.9 Å². The molecule has 1 N–H and O–H groups in total. The molecule has 0 aliphatic heterocycles. The monoisotopic (exact) mass is 496 g/mol. The molecule has 0 aliphatic carbocycles. The molecule has 0 bridgehead atoms. The van der Waals surface area contributed by atoms with Crippen LogP contribution in [0.15, 0.2) is 24.3 Å². The first-order valence-corrected chi connectivity index (χ1v) is 12.5. The van der Waals surface area contributed by atoms with Crippen molar-refractivity contribution in [2.75, 3.05) is 21.3 Å². The average molecular weight is 497 g/mol. The van der Waals surface area contributed by atoms with Crippen LogP contribution >= 0.6 is 0 Å². The Balaban J connectivity index is 0.000000761. The Kier molecular flexibility index (Phi) is 17.1. The molecule has 0 radical (unpaired) electrons. The van der Waals surface area contributed by atoms with Gasteiger partial charge < -0.3 is 24.1 Å². The zero-order valence-electron chi connectivity index (χ0n) is 23.2. The molecule has 0 aromatic heterocycles. The number of esters is 2. The molecule has 7 heteroatoms. The fraction of sp³-hybridized carbons (Fsp3) is 0.714. The van der Waals surface area contributed by atoms with Crippen LogP contribution in [-0.4, -0.2) is 50.6 Å². The smallest absolute Gasteiger partial charge is 0.311 e. The van der Waals surface area contributed by atoms with E-state index in [1.165, 1.54) is 14.2 Å². The summed E-state index contributed by atoms with van der Waals surface area (Å²) in [5, 5.41) is 9.33. The topological polar surface area (TPSA) is 91.3 Å². The van der Waals surface area contributed by atoms with Crippen molar-refractivity contribution >= 4 is 11.9 Å². The number of carbonyl (C=O) groups is 2. The standard InChI is InChI=1S/C18H28O4.C10H20O3/c1-13(2)6-11-17(18(19)21-5)14(3)22-12-15-7-9-16(20-4)10-8-15;1-7(2)5-6-9(8(3)11)10(12)13-4/h7-10,13-14,17H,6,11-12H2,1-5H3;7-9,11H,5-6H2,1-4H3/t14-,17-;8-,9-/m00/s1. The van der Waals surface area contributed by atoms with E-state index in [1.54, 1.807) is 14.0 Å². The Morgan fingerprint density at radius 3 is 1.60 bits per heavy atom. The SMILES string of the molecule is COC(=O)[C@@H](CCC(C)C)[C@H](C)O.COC(=O)[C@@H](CCC(C)C)[C@H](C)OCc1ccc(OC)cc1. The van der Waals surface area contributed by atoms with Crippen LogP contribution in [0.3, 0.4) is 0 Å². The first-order valence-electron chi connectivity index (χ1n) is 12.5. The lowest BCUT2D eigenvalue weighted by molar-refractivity contribution is -0.152. The van der Waals surface area contributed by atoms with Crippen molar-refractivity contribution in [3.8, 4) is 5.75 Å². The number of ether oxygens (including phenoxy) is 4. The Hall–Kier alpha value is -2.12. The minimum atomic E-state index is -0.619. The second kappa shape index (κ2) is 18.2. The molecule has 7 nitrogen and oxygen atoms in total. The van der Waals surface area contributed by atoms with Crippen molar-refractivity contribution < 1.29 is 33.6 Å². The van der Waals surface area contributed by atoms with Crippen LogP contribution in [0.4, 0.5) is 0 Å². The van der Waals surface area contributed by atoms with Gasteiger partial charge in [-0.1, -0.05) is 52.7 Å². The molecule has 1 aromatic carbocycles. The van der Waals surface area contributed by atoms with Crippen molar-refractivity contribution in [3.63, 3.8) is 0 Å². The summed E-state index contributed by atoms with van der Waals surface area (Å²) in [6.07, 6.45) is 2.61. The number of carbonyl (C=O) groups excluding carboxylic acids is 2. The summed E-state index contributed by atoms with van der Waals surface area (Å²) in [7, 11) is 4.43. The highest BCUT2D eigenvalue weighted by molar-refractivity contribution is 5.73. The van der Waals surface area contributed by atoms with E-state index in [0.717, 1.165) is 30.6 Å².